The fourth-order valence-electron chi connectivity index (χ4n) is 2.76. The van der Waals surface area contributed by atoms with Gasteiger partial charge in [0.25, 0.3) is 11.6 Å². The molecular formula is C20H20N6O4S. The number of amides is 2. The number of non-ortho nitro benzene ring substituents is 1. The predicted molar refractivity (Wildman–Crippen MR) is 116 cm³/mol. The van der Waals surface area contributed by atoms with E-state index in [1.165, 1.54) is 36.0 Å². The number of aromatic nitrogens is 3. The standard InChI is InChI=1S/C20H20N6O4S/c1-13(21-19(28)14-6-4-3-5-7-14)18-23-24-20(25(18)2)31-12-17(27)22-15-8-10-16(11-9-15)26(29)30/h3-11,13H,12H2,1-2H3,(H,21,28)(H,22,27)/t13-/m1/s1. The summed E-state index contributed by atoms with van der Waals surface area (Å²) in [4.78, 5) is 34.7. The number of nitro benzene ring substituents is 1. The molecule has 1 aromatic heterocycles. The largest absolute Gasteiger partial charge is 0.342 e. The highest BCUT2D eigenvalue weighted by Crippen LogP contribution is 2.20. The summed E-state index contributed by atoms with van der Waals surface area (Å²) in [6.45, 7) is 1.81. The summed E-state index contributed by atoms with van der Waals surface area (Å²) in [6, 6.07) is 14.1. The Kier molecular flexibility index (Phi) is 6.98. The van der Waals surface area contributed by atoms with Crippen molar-refractivity contribution in [2.75, 3.05) is 11.1 Å². The molecule has 0 unspecified atom stereocenters. The minimum Gasteiger partial charge on any atom is -0.342 e. The number of hydrogen-bond donors (Lipinski definition) is 2. The number of carbonyl (C=O) groups excluding carboxylic acids is 2. The topological polar surface area (TPSA) is 132 Å². The van der Waals surface area contributed by atoms with Crippen LogP contribution in [-0.4, -0.2) is 37.3 Å². The number of carbonyl (C=O) groups is 2. The Morgan fingerprint density at radius 1 is 1.13 bits per heavy atom. The van der Waals surface area contributed by atoms with E-state index in [2.05, 4.69) is 20.8 Å². The summed E-state index contributed by atoms with van der Waals surface area (Å²) < 4.78 is 1.72. The van der Waals surface area contributed by atoms with Crippen molar-refractivity contribution in [3.8, 4) is 0 Å². The summed E-state index contributed by atoms with van der Waals surface area (Å²) in [5.74, 6) is 0.137. The van der Waals surface area contributed by atoms with Crippen LogP contribution in [0.1, 0.15) is 29.1 Å². The summed E-state index contributed by atoms with van der Waals surface area (Å²) >= 11 is 1.19. The Labute approximate surface area is 182 Å². The molecule has 0 fully saturated rings. The molecular weight excluding hydrogens is 420 g/mol. The number of nitro groups is 1. The number of nitrogens with one attached hydrogen (secondary N) is 2. The maximum absolute atomic E-state index is 12.3. The molecule has 0 radical (unpaired) electrons. The molecule has 0 saturated heterocycles. The minimum atomic E-state index is -0.504. The second kappa shape index (κ2) is 9.85. The van der Waals surface area contributed by atoms with Gasteiger partial charge in [0.1, 0.15) is 0 Å². The lowest BCUT2D eigenvalue weighted by Crippen LogP contribution is -2.28. The van der Waals surface area contributed by atoms with Crippen molar-refractivity contribution in [3.05, 3.63) is 76.1 Å². The fraction of sp³-hybridized carbons (Fsp3) is 0.200. The summed E-state index contributed by atoms with van der Waals surface area (Å²) in [6.07, 6.45) is 0. The monoisotopic (exact) mass is 440 g/mol. The third-order valence-corrected chi connectivity index (χ3v) is 5.35. The molecule has 3 rings (SSSR count). The first kappa shape index (κ1) is 22.0. The van der Waals surface area contributed by atoms with Crippen LogP contribution in [0.3, 0.4) is 0 Å². The van der Waals surface area contributed by atoms with Gasteiger partial charge in [0.15, 0.2) is 11.0 Å². The van der Waals surface area contributed by atoms with E-state index < -0.39 is 4.92 Å². The van der Waals surface area contributed by atoms with E-state index in [1.54, 1.807) is 42.8 Å². The van der Waals surface area contributed by atoms with Gasteiger partial charge in [-0.05, 0) is 31.2 Å². The van der Waals surface area contributed by atoms with Crippen LogP contribution < -0.4 is 10.6 Å². The van der Waals surface area contributed by atoms with Gasteiger partial charge in [0, 0.05) is 30.4 Å². The second-order valence-corrected chi connectivity index (χ2v) is 7.54. The molecule has 31 heavy (non-hydrogen) atoms. The highest BCUT2D eigenvalue weighted by Gasteiger charge is 2.19. The minimum absolute atomic E-state index is 0.0486. The lowest BCUT2D eigenvalue weighted by molar-refractivity contribution is -0.384. The van der Waals surface area contributed by atoms with Crippen LogP contribution in [0.2, 0.25) is 0 Å². The van der Waals surface area contributed by atoms with Gasteiger partial charge in [-0.15, -0.1) is 10.2 Å². The summed E-state index contributed by atoms with van der Waals surface area (Å²) in [5, 5.41) is 25.0. The fourth-order valence-corrected chi connectivity index (χ4v) is 3.47. The van der Waals surface area contributed by atoms with Crippen LogP contribution in [0.25, 0.3) is 0 Å². The van der Waals surface area contributed by atoms with Gasteiger partial charge >= 0.3 is 0 Å². The van der Waals surface area contributed by atoms with Crippen molar-refractivity contribution in [1.82, 2.24) is 20.1 Å². The van der Waals surface area contributed by atoms with Crippen molar-refractivity contribution < 1.29 is 14.5 Å². The van der Waals surface area contributed by atoms with Gasteiger partial charge in [-0.2, -0.15) is 0 Å². The van der Waals surface area contributed by atoms with Gasteiger partial charge in [-0.25, -0.2) is 0 Å². The van der Waals surface area contributed by atoms with Crippen LogP contribution in [0.5, 0.6) is 0 Å². The molecule has 2 N–H and O–H groups in total. The zero-order valence-corrected chi connectivity index (χ0v) is 17.6. The van der Waals surface area contributed by atoms with E-state index in [1.807, 2.05) is 6.07 Å². The number of benzene rings is 2. The molecule has 0 aliphatic carbocycles. The molecule has 1 heterocycles. The van der Waals surface area contributed by atoms with Gasteiger partial charge in [0.05, 0.1) is 16.7 Å². The van der Waals surface area contributed by atoms with E-state index in [0.29, 0.717) is 22.2 Å². The Hall–Kier alpha value is -3.73. The van der Waals surface area contributed by atoms with Crippen LogP contribution in [0, 0.1) is 10.1 Å². The van der Waals surface area contributed by atoms with Crippen LogP contribution in [0.15, 0.2) is 59.8 Å². The van der Waals surface area contributed by atoms with Gasteiger partial charge in [-0.3, -0.25) is 19.7 Å². The highest BCUT2D eigenvalue weighted by molar-refractivity contribution is 7.99. The summed E-state index contributed by atoms with van der Waals surface area (Å²) in [7, 11) is 1.76. The van der Waals surface area contributed by atoms with Crippen LogP contribution >= 0.6 is 11.8 Å². The van der Waals surface area contributed by atoms with Crippen LogP contribution in [0.4, 0.5) is 11.4 Å². The van der Waals surface area contributed by atoms with Crippen molar-refractivity contribution in [2.24, 2.45) is 7.05 Å². The number of anilines is 1. The first-order valence-corrected chi connectivity index (χ1v) is 10.3. The molecule has 2 amide bonds. The smallest absolute Gasteiger partial charge is 0.269 e. The van der Waals surface area contributed by atoms with E-state index in [9.17, 15) is 19.7 Å². The molecule has 0 spiro atoms. The van der Waals surface area contributed by atoms with Crippen molar-refractivity contribution >= 4 is 35.0 Å². The predicted octanol–water partition coefficient (Wildman–Crippen LogP) is 2.95. The SMILES string of the molecule is C[C@@H](NC(=O)c1ccccc1)c1nnc(SCC(=O)Nc2ccc([N+](=O)[O-])cc2)n1C. The van der Waals surface area contributed by atoms with Crippen molar-refractivity contribution in [1.29, 1.82) is 0 Å². The van der Waals surface area contributed by atoms with Crippen molar-refractivity contribution in [3.63, 3.8) is 0 Å². The molecule has 0 aliphatic rings. The van der Waals surface area contributed by atoms with E-state index in [0.717, 1.165) is 0 Å². The Morgan fingerprint density at radius 3 is 2.45 bits per heavy atom. The first-order valence-electron chi connectivity index (χ1n) is 9.27. The van der Waals surface area contributed by atoms with Gasteiger partial charge in [0.2, 0.25) is 5.91 Å². The second-order valence-electron chi connectivity index (χ2n) is 6.60. The highest BCUT2D eigenvalue weighted by atomic mass is 32.2. The van der Waals surface area contributed by atoms with E-state index in [-0.39, 0.29) is 29.3 Å². The Bertz CT molecular complexity index is 1080. The molecule has 0 aliphatic heterocycles. The first-order chi connectivity index (χ1) is 14.8. The lowest BCUT2D eigenvalue weighted by Gasteiger charge is -2.13. The van der Waals surface area contributed by atoms with E-state index in [4.69, 9.17) is 0 Å². The molecule has 11 heteroatoms. The molecule has 3 aromatic rings. The quantitative estimate of drug-likeness (QED) is 0.313. The lowest BCUT2D eigenvalue weighted by atomic mass is 10.2. The molecule has 0 bridgehead atoms. The number of hydrogen-bond acceptors (Lipinski definition) is 7. The zero-order valence-electron chi connectivity index (χ0n) is 16.8. The Morgan fingerprint density at radius 2 is 1.81 bits per heavy atom. The third-order valence-electron chi connectivity index (χ3n) is 4.33. The normalized spacial score (nSPS) is 11.5. The number of rotatable bonds is 8. The van der Waals surface area contributed by atoms with E-state index >= 15 is 0 Å². The molecule has 2 aromatic carbocycles. The van der Waals surface area contributed by atoms with Gasteiger partial charge < -0.3 is 15.2 Å². The number of thioether (sulfide) groups is 1. The number of nitrogens with zero attached hydrogens (tertiary/aromatic N) is 4. The maximum Gasteiger partial charge on any atom is 0.269 e. The molecule has 1 atom stereocenters. The van der Waals surface area contributed by atoms with Crippen LogP contribution in [-0.2, 0) is 11.8 Å². The molecule has 10 nitrogen and oxygen atoms in total. The average Bonchev–Trinajstić information content (AvgIpc) is 3.13. The van der Waals surface area contributed by atoms with Gasteiger partial charge in [-0.1, -0.05) is 30.0 Å². The molecule has 160 valence electrons. The molecule has 0 saturated carbocycles. The zero-order chi connectivity index (χ0) is 22.4. The Balaban J connectivity index is 1.55. The summed E-state index contributed by atoms with van der Waals surface area (Å²) in [5.41, 5.74) is 0.966. The maximum atomic E-state index is 12.3. The average molecular weight is 440 g/mol. The van der Waals surface area contributed by atoms with Crippen molar-refractivity contribution in [2.45, 2.75) is 18.1 Å². The third kappa shape index (κ3) is 5.66.